The zero-order valence-electron chi connectivity index (χ0n) is 13.2. The largest absolute Gasteiger partial charge is 0.481 e. The molecule has 5 heteroatoms. The maximum absolute atomic E-state index is 12.2. The van der Waals surface area contributed by atoms with Gasteiger partial charge in [0.2, 0.25) is 5.91 Å². The molecule has 0 radical (unpaired) electrons. The zero-order valence-corrected chi connectivity index (χ0v) is 13.2. The number of carbonyl (C=O) groups excluding carboxylic acids is 1. The second-order valence-electron chi connectivity index (χ2n) is 6.71. The number of rotatable bonds is 6. The number of piperidine rings is 1. The lowest BCUT2D eigenvalue weighted by molar-refractivity contribution is -0.156. The molecule has 3 atom stereocenters. The summed E-state index contributed by atoms with van der Waals surface area (Å²) in [6.45, 7) is 9.08. The Morgan fingerprint density at radius 2 is 2.05 bits per heavy atom. The van der Waals surface area contributed by atoms with Crippen LogP contribution in [0.3, 0.4) is 0 Å². The molecule has 0 aromatic heterocycles. The molecule has 3 unspecified atom stereocenters. The van der Waals surface area contributed by atoms with E-state index in [1.54, 1.807) is 12.0 Å². The number of likely N-dealkylation sites (tertiary alicyclic amines) is 1. The first-order chi connectivity index (χ1) is 9.19. The molecule has 0 spiro atoms. The third-order valence-corrected chi connectivity index (χ3v) is 4.31. The lowest BCUT2D eigenvalue weighted by atomic mass is 9.79. The number of carboxylic acid groups (broad SMARTS) is 1. The highest BCUT2D eigenvalue weighted by atomic mass is 16.5. The molecule has 1 saturated heterocycles. The van der Waals surface area contributed by atoms with Crippen LogP contribution >= 0.6 is 0 Å². The first kappa shape index (κ1) is 17.0. The van der Waals surface area contributed by atoms with Crippen molar-refractivity contribution in [2.24, 2.45) is 17.3 Å². The number of hydrogen-bond donors (Lipinski definition) is 1. The Balaban J connectivity index is 2.82. The van der Waals surface area contributed by atoms with Gasteiger partial charge in [0.1, 0.15) is 0 Å². The summed E-state index contributed by atoms with van der Waals surface area (Å²) < 4.78 is 5.10. The minimum atomic E-state index is -0.808. The molecular weight excluding hydrogens is 258 g/mol. The predicted molar refractivity (Wildman–Crippen MR) is 76.4 cm³/mol. The number of aliphatic carboxylic acids is 1. The SMILES string of the molecule is COCCC(C)(C)CN1C(=O)CC(C)C(C(=O)O)C1C. The standard InChI is InChI=1S/C15H27NO4/c1-10-8-12(17)16(11(2)13(10)14(18)19)9-15(3,4)6-7-20-5/h10-11,13H,6-9H2,1-5H3,(H,18,19). The summed E-state index contributed by atoms with van der Waals surface area (Å²) in [6.07, 6.45) is 1.16. The maximum Gasteiger partial charge on any atom is 0.308 e. The second kappa shape index (κ2) is 6.57. The second-order valence-corrected chi connectivity index (χ2v) is 6.71. The Labute approximate surface area is 121 Å². The summed E-state index contributed by atoms with van der Waals surface area (Å²) in [7, 11) is 1.66. The topological polar surface area (TPSA) is 66.8 Å². The molecule has 1 aliphatic rings. The number of methoxy groups -OCH3 is 1. The molecule has 1 amide bonds. The molecule has 116 valence electrons. The summed E-state index contributed by atoms with van der Waals surface area (Å²) in [5.74, 6) is -1.33. The average Bonchev–Trinajstić information content (AvgIpc) is 2.31. The van der Waals surface area contributed by atoms with Gasteiger partial charge in [0, 0.05) is 32.7 Å². The van der Waals surface area contributed by atoms with Gasteiger partial charge < -0.3 is 14.7 Å². The van der Waals surface area contributed by atoms with Gasteiger partial charge in [-0.3, -0.25) is 9.59 Å². The fourth-order valence-corrected chi connectivity index (χ4v) is 3.02. The Hall–Kier alpha value is -1.10. The monoisotopic (exact) mass is 285 g/mol. The van der Waals surface area contributed by atoms with Crippen molar-refractivity contribution in [1.82, 2.24) is 4.90 Å². The minimum absolute atomic E-state index is 0.0630. The van der Waals surface area contributed by atoms with E-state index < -0.39 is 11.9 Å². The first-order valence-electron chi connectivity index (χ1n) is 7.21. The van der Waals surface area contributed by atoms with Crippen LogP contribution in [0, 0.1) is 17.3 Å². The normalized spacial score (nSPS) is 27.8. The van der Waals surface area contributed by atoms with Crippen molar-refractivity contribution in [3.8, 4) is 0 Å². The van der Waals surface area contributed by atoms with Crippen LogP contribution in [0.2, 0.25) is 0 Å². The number of ether oxygens (including phenoxy) is 1. The quantitative estimate of drug-likeness (QED) is 0.810. The van der Waals surface area contributed by atoms with E-state index in [2.05, 4.69) is 13.8 Å². The molecule has 1 rings (SSSR count). The summed E-state index contributed by atoms with van der Waals surface area (Å²) in [5.41, 5.74) is -0.0798. The van der Waals surface area contributed by atoms with Crippen molar-refractivity contribution in [3.05, 3.63) is 0 Å². The fourth-order valence-electron chi connectivity index (χ4n) is 3.02. The van der Waals surface area contributed by atoms with Crippen molar-refractivity contribution in [3.63, 3.8) is 0 Å². The van der Waals surface area contributed by atoms with Gasteiger partial charge in [0.05, 0.1) is 5.92 Å². The third kappa shape index (κ3) is 3.95. The fraction of sp³-hybridized carbons (Fsp3) is 0.867. The van der Waals surface area contributed by atoms with Gasteiger partial charge in [-0.05, 0) is 24.7 Å². The molecule has 0 bridgehead atoms. The van der Waals surface area contributed by atoms with Crippen molar-refractivity contribution in [2.45, 2.75) is 46.6 Å². The van der Waals surface area contributed by atoms with Crippen LogP contribution in [0.5, 0.6) is 0 Å². The highest BCUT2D eigenvalue weighted by molar-refractivity contribution is 5.81. The van der Waals surface area contributed by atoms with Gasteiger partial charge in [-0.1, -0.05) is 20.8 Å². The van der Waals surface area contributed by atoms with Crippen molar-refractivity contribution in [2.75, 3.05) is 20.3 Å². The van der Waals surface area contributed by atoms with Gasteiger partial charge in [0.15, 0.2) is 0 Å². The van der Waals surface area contributed by atoms with Gasteiger partial charge >= 0.3 is 5.97 Å². The molecule has 1 N–H and O–H groups in total. The van der Waals surface area contributed by atoms with E-state index >= 15 is 0 Å². The summed E-state index contributed by atoms with van der Waals surface area (Å²) in [6, 6.07) is -0.259. The Morgan fingerprint density at radius 3 is 2.55 bits per heavy atom. The van der Waals surface area contributed by atoms with Crippen LogP contribution < -0.4 is 0 Å². The minimum Gasteiger partial charge on any atom is -0.481 e. The third-order valence-electron chi connectivity index (χ3n) is 4.31. The molecule has 5 nitrogen and oxygen atoms in total. The van der Waals surface area contributed by atoms with Crippen LogP contribution in [0.15, 0.2) is 0 Å². The Kier molecular flexibility index (Phi) is 5.57. The molecular formula is C15H27NO4. The predicted octanol–water partition coefficient (Wildman–Crippen LogP) is 2.01. The van der Waals surface area contributed by atoms with Gasteiger partial charge in [-0.2, -0.15) is 0 Å². The maximum atomic E-state index is 12.2. The smallest absolute Gasteiger partial charge is 0.308 e. The number of nitrogens with zero attached hydrogens (tertiary/aromatic N) is 1. The summed E-state index contributed by atoms with van der Waals surface area (Å²) in [4.78, 5) is 25.4. The van der Waals surface area contributed by atoms with E-state index in [1.165, 1.54) is 0 Å². The van der Waals surface area contributed by atoms with Crippen LogP contribution in [0.1, 0.15) is 40.5 Å². The zero-order chi connectivity index (χ0) is 15.5. The molecule has 0 aromatic carbocycles. The first-order valence-corrected chi connectivity index (χ1v) is 7.21. The molecule has 1 aliphatic heterocycles. The molecule has 0 aliphatic carbocycles. The van der Waals surface area contributed by atoms with E-state index in [1.807, 2.05) is 13.8 Å². The molecule has 20 heavy (non-hydrogen) atoms. The highest BCUT2D eigenvalue weighted by Crippen LogP contribution is 2.33. The van der Waals surface area contributed by atoms with E-state index in [4.69, 9.17) is 4.74 Å². The van der Waals surface area contributed by atoms with Gasteiger partial charge in [-0.15, -0.1) is 0 Å². The van der Waals surface area contributed by atoms with Crippen molar-refractivity contribution < 1.29 is 19.4 Å². The van der Waals surface area contributed by atoms with Crippen LogP contribution in [-0.2, 0) is 14.3 Å². The van der Waals surface area contributed by atoms with Gasteiger partial charge in [-0.25, -0.2) is 0 Å². The van der Waals surface area contributed by atoms with E-state index in [0.717, 1.165) is 6.42 Å². The van der Waals surface area contributed by atoms with E-state index in [0.29, 0.717) is 19.6 Å². The summed E-state index contributed by atoms with van der Waals surface area (Å²) >= 11 is 0. The number of amides is 1. The van der Waals surface area contributed by atoms with Crippen LogP contribution in [0.4, 0.5) is 0 Å². The molecule has 0 saturated carbocycles. The molecule has 1 heterocycles. The Morgan fingerprint density at radius 1 is 1.45 bits per heavy atom. The van der Waals surface area contributed by atoms with E-state index in [-0.39, 0.29) is 23.3 Å². The molecule has 0 aromatic rings. The lowest BCUT2D eigenvalue weighted by Crippen LogP contribution is -2.55. The van der Waals surface area contributed by atoms with Crippen molar-refractivity contribution in [1.29, 1.82) is 0 Å². The number of carbonyl (C=O) groups is 2. The Bertz CT molecular complexity index is 367. The highest BCUT2D eigenvalue weighted by Gasteiger charge is 2.43. The van der Waals surface area contributed by atoms with Crippen molar-refractivity contribution >= 4 is 11.9 Å². The van der Waals surface area contributed by atoms with Crippen LogP contribution in [0.25, 0.3) is 0 Å². The molecule has 1 fully saturated rings. The lowest BCUT2D eigenvalue weighted by Gasteiger charge is -2.44. The van der Waals surface area contributed by atoms with Crippen LogP contribution in [-0.4, -0.2) is 48.2 Å². The van der Waals surface area contributed by atoms with E-state index in [9.17, 15) is 14.7 Å². The van der Waals surface area contributed by atoms with Gasteiger partial charge in [0.25, 0.3) is 0 Å². The number of carboxylic acids is 1. The average molecular weight is 285 g/mol. The number of hydrogen-bond acceptors (Lipinski definition) is 3. The summed E-state index contributed by atoms with van der Waals surface area (Å²) in [5, 5.41) is 9.36.